The normalized spacial score (nSPS) is 47.1. The van der Waals surface area contributed by atoms with Gasteiger partial charge >= 0.3 is 0 Å². The highest BCUT2D eigenvalue weighted by Crippen LogP contribution is 2.57. The molecule has 2 atom stereocenters. The standard InChI is InChI=1S/C15H27NO/c1-2-11(8-16)15(17)14-12-4-9-3-10(6-12)7-13(14)5-9/h9-15,17H,2-8,16H2,1H3. The molecule has 4 saturated carbocycles. The number of aliphatic hydroxyl groups is 1. The fourth-order valence-electron chi connectivity index (χ4n) is 5.39. The van der Waals surface area contributed by atoms with Crippen LogP contribution in [0.5, 0.6) is 0 Å². The van der Waals surface area contributed by atoms with E-state index in [9.17, 15) is 5.11 Å². The van der Waals surface area contributed by atoms with Crippen molar-refractivity contribution in [2.45, 2.75) is 51.6 Å². The van der Waals surface area contributed by atoms with Gasteiger partial charge in [-0.3, -0.25) is 0 Å². The van der Waals surface area contributed by atoms with Crippen molar-refractivity contribution in [3.63, 3.8) is 0 Å². The molecule has 0 aromatic heterocycles. The van der Waals surface area contributed by atoms with Gasteiger partial charge in [-0.15, -0.1) is 0 Å². The van der Waals surface area contributed by atoms with Crippen molar-refractivity contribution >= 4 is 0 Å². The second-order valence-electron chi connectivity index (χ2n) is 6.90. The van der Waals surface area contributed by atoms with Crippen molar-refractivity contribution in [1.82, 2.24) is 0 Å². The van der Waals surface area contributed by atoms with E-state index in [1.807, 2.05) is 0 Å². The van der Waals surface area contributed by atoms with E-state index in [0.29, 0.717) is 18.4 Å². The van der Waals surface area contributed by atoms with Crippen molar-refractivity contribution < 1.29 is 5.11 Å². The Morgan fingerprint density at radius 1 is 1.06 bits per heavy atom. The Labute approximate surface area is 105 Å². The molecule has 4 bridgehead atoms. The summed E-state index contributed by atoms with van der Waals surface area (Å²) in [5, 5.41) is 10.7. The maximum Gasteiger partial charge on any atom is 0.0613 e. The third kappa shape index (κ3) is 1.94. The number of hydrogen-bond acceptors (Lipinski definition) is 2. The molecule has 4 aliphatic rings. The molecule has 0 heterocycles. The first-order chi connectivity index (χ1) is 8.22. The van der Waals surface area contributed by atoms with Gasteiger partial charge in [-0.1, -0.05) is 6.92 Å². The fraction of sp³-hybridized carbons (Fsp3) is 1.00. The monoisotopic (exact) mass is 237 g/mol. The summed E-state index contributed by atoms with van der Waals surface area (Å²) in [6.07, 6.45) is 7.99. The lowest BCUT2D eigenvalue weighted by Gasteiger charge is -2.56. The van der Waals surface area contributed by atoms with Crippen molar-refractivity contribution in [2.75, 3.05) is 6.54 Å². The molecule has 4 rings (SSSR count). The summed E-state index contributed by atoms with van der Waals surface area (Å²) in [6.45, 7) is 2.82. The summed E-state index contributed by atoms with van der Waals surface area (Å²) in [4.78, 5) is 0. The molecule has 98 valence electrons. The average molecular weight is 237 g/mol. The molecule has 0 radical (unpaired) electrons. The van der Waals surface area contributed by atoms with Crippen molar-refractivity contribution in [3.8, 4) is 0 Å². The maximum atomic E-state index is 10.7. The molecule has 4 aliphatic carbocycles. The molecule has 0 amide bonds. The third-order valence-corrected chi connectivity index (χ3v) is 6.00. The molecule has 0 aromatic carbocycles. The number of hydrogen-bond donors (Lipinski definition) is 2. The highest BCUT2D eigenvalue weighted by atomic mass is 16.3. The van der Waals surface area contributed by atoms with Crippen LogP contribution < -0.4 is 5.73 Å². The van der Waals surface area contributed by atoms with Crippen molar-refractivity contribution in [3.05, 3.63) is 0 Å². The molecule has 0 aromatic rings. The van der Waals surface area contributed by atoms with E-state index in [-0.39, 0.29) is 6.10 Å². The van der Waals surface area contributed by atoms with E-state index in [0.717, 1.165) is 30.1 Å². The van der Waals surface area contributed by atoms with E-state index >= 15 is 0 Å². The van der Waals surface area contributed by atoms with Gasteiger partial charge in [0.25, 0.3) is 0 Å². The Morgan fingerprint density at radius 3 is 2.00 bits per heavy atom. The van der Waals surface area contributed by atoms with Crippen LogP contribution in [0.4, 0.5) is 0 Å². The Kier molecular flexibility index (Phi) is 3.20. The molecule has 0 spiro atoms. The van der Waals surface area contributed by atoms with Gasteiger partial charge in [0.1, 0.15) is 0 Å². The van der Waals surface area contributed by atoms with Crippen LogP contribution in [0.1, 0.15) is 45.4 Å². The Hall–Kier alpha value is -0.0800. The molecule has 0 saturated heterocycles. The predicted molar refractivity (Wildman–Crippen MR) is 69.4 cm³/mol. The van der Waals surface area contributed by atoms with Crippen LogP contribution in [0, 0.1) is 35.5 Å². The summed E-state index contributed by atoms with van der Waals surface area (Å²) >= 11 is 0. The van der Waals surface area contributed by atoms with Crippen molar-refractivity contribution in [1.29, 1.82) is 0 Å². The van der Waals surface area contributed by atoms with E-state index in [1.165, 1.54) is 32.1 Å². The largest absolute Gasteiger partial charge is 0.392 e. The molecule has 2 heteroatoms. The maximum absolute atomic E-state index is 10.7. The smallest absolute Gasteiger partial charge is 0.0613 e. The zero-order valence-corrected chi connectivity index (χ0v) is 11.0. The second-order valence-corrected chi connectivity index (χ2v) is 6.90. The van der Waals surface area contributed by atoms with Gasteiger partial charge < -0.3 is 10.8 Å². The third-order valence-electron chi connectivity index (χ3n) is 6.00. The number of rotatable bonds is 4. The van der Waals surface area contributed by atoms with Crippen LogP contribution in [0.2, 0.25) is 0 Å². The first-order valence-electron chi connectivity index (χ1n) is 7.61. The Morgan fingerprint density at radius 2 is 1.59 bits per heavy atom. The van der Waals surface area contributed by atoms with Gasteiger partial charge in [0.15, 0.2) is 0 Å². The minimum Gasteiger partial charge on any atom is -0.392 e. The highest BCUT2D eigenvalue weighted by Gasteiger charge is 2.51. The second kappa shape index (κ2) is 4.55. The topological polar surface area (TPSA) is 46.2 Å². The average Bonchev–Trinajstić information content (AvgIpc) is 2.29. The lowest BCUT2D eigenvalue weighted by molar-refractivity contribution is -0.105. The summed E-state index contributed by atoms with van der Waals surface area (Å²) in [5.41, 5.74) is 5.82. The fourth-order valence-corrected chi connectivity index (χ4v) is 5.39. The van der Waals surface area contributed by atoms with Crippen LogP contribution in [0.3, 0.4) is 0 Å². The summed E-state index contributed by atoms with van der Waals surface area (Å²) in [6, 6.07) is 0. The van der Waals surface area contributed by atoms with Crippen LogP contribution >= 0.6 is 0 Å². The van der Waals surface area contributed by atoms with Gasteiger partial charge in [-0.25, -0.2) is 0 Å². The zero-order valence-electron chi connectivity index (χ0n) is 11.0. The van der Waals surface area contributed by atoms with Crippen LogP contribution in [0.15, 0.2) is 0 Å². The van der Waals surface area contributed by atoms with Crippen LogP contribution in [-0.2, 0) is 0 Å². The molecular weight excluding hydrogens is 210 g/mol. The zero-order chi connectivity index (χ0) is 12.0. The first-order valence-corrected chi connectivity index (χ1v) is 7.61. The molecule has 4 fully saturated rings. The van der Waals surface area contributed by atoms with E-state index in [4.69, 9.17) is 5.73 Å². The Balaban J connectivity index is 1.75. The van der Waals surface area contributed by atoms with Gasteiger partial charge in [0.05, 0.1) is 6.10 Å². The quantitative estimate of drug-likeness (QED) is 0.788. The minimum absolute atomic E-state index is 0.125. The van der Waals surface area contributed by atoms with E-state index in [1.54, 1.807) is 0 Å². The molecule has 17 heavy (non-hydrogen) atoms. The highest BCUT2D eigenvalue weighted by molar-refractivity contribution is 5.01. The van der Waals surface area contributed by atoms with Crippen LogP contribution in [-0.4, -0.2) is 17.8 Å². The molecule has 3 N–H and O–H groups in total. The number of nitrogens with two attached hydrogens (primary N) is 1. The van der Waals surface area contributed by atoms with E-state index in [2.05, 4.69) is 6.92 Å². The Bertz CT molecular complexity index is 246. The summed E-state index contributed by atoms with van der Waals surface area (Å²) < 4.78 is 0. The molecular formula is C15H27NO. The molecule has 0 aliphatic heterocycles. The molecule has 2 nitrogen and oxygen atoms in total. The summed E-state index contributed by atoms with van der Waals surface area (Å²) in [5.74, 6) is 4.55. The van der Waals surface area contributed by atoms with Gasteiger partial charge in [0, 0.05) is 0 Å². The van der Waals surface area contributed by atoms with Crippen LogP contribution in [0.25, 0.3) is 0 Å². The lowest BCUT2D eigenvalue weighted by Crippen LogP contribution is -2.51. The van der Waals surface area contributed by atoms with E-state index < -0.39 is 0 Å². The van der Waals surface area contributed by atoms with Crippen molar-refractivity contribution in [2.24, 2.45) is 41.2 Å². The van der Waals surface area contributed by atoms with Gasteiger partial charge in [-0.2, -0.15) is 0 Å². The number of aliphatic hydroxyl groups excluding tert-OH is 1. The minimum atomic E-state index is -0.125. The lowest BCUT2D eigenvalue weighted by atomic mass is 9.50. The first kappa shape index (κ1) is 12.0. The van der Waals surface area contributed by atoms with Gasteiger partial charge in [0.2, 0.25) is 0 Å². The van der Waals surface area contributed by atoms with Gasteiger partial charge in [-0.05, 0) is 80.6 Å². The molecule has 2 unspecified atom stereocenters. The summed E-state index contributed by atoms with van der Waals surface area (Å²) in [7, 11) is 0. The SMILES string of the molecule is CCC(CN)C(O)C1C2CC3CC(C2)CC1C3. The predicted octanol–water partition coefficient (Wildman–Crippen LogP) is 2.40.